The Labute approximate surface area is 382 Å². The summed E-state index contributed by atoms with van der Waals surface area (Å²) in [5.74, 6) is -4.37. The second kappa shape index (κ2) is 17.4. The third-order valence-corrected chi connectivity index (χ3v) is 11.2. The van der Waals surface area contributed by atoms with Gasteiger partial charge < -0.3 is 31.3 Å². The molecule has 5 aromatic heterocycles. The van der Waals surface area contributed by atoms with E-state index in [0.29, 0.717) is 0 Å². The van der Waals surface area contributed by atoms with Crippen LogP contribution in [0.2, 0.25) is 0 Å². The van der Waals surface area contributed by atoms with Crippen molar-refractivity contribution in [3.05, 3.63) is 89.0 Å². The zero-order valence-electron chi connectivity index (χ0n) is 36.5. The Balaban J connectivity index is 1.34. The highest BCUT2D eigenvalue weighted by Crippen LogP contribution is 2.41. The lowest BCUT2D eigenvalue weighted by atomic mass is 9.91. The van der Waals surface area contributed by atoms with Crippen LogP contribution in [0.4, 0.5) is 34.6 Å². The van der Waals surface area contributed by atoms with Gasteiger partial charge in [0.2, 0.25) is 0 Å². The quantitative estimate of drug-likeness (QED) is 0.0742. The van der Waals surface area contributed by atoms with Crippen LogP contribution in [-0.2, 0) is 37.5 Å². The van der Waals surface area contributed by atoms with E-state index in [9.17, 15) is 42.1 Å². The number of benzene rings is 2. The monoisotopic (exact) mass is 954 g/mol. The van der Waals surface area contributed by atoms with Crippen LogP contribution in [0.1, 0.15) is 79.2 Å². The number of carbonyl (C=O) groups is 2. The number of hydrogen-bond donors (Lipinski definition) is 5. The smallest absolute Gasteiger partial charge is 0.335 e. The summed E-state index contributed by atoms with van der Waals surface area (Å²) in [7, 11) is -3.96. The molecule has 0 saturated carbocycles. The molecule has 5 heterocycles. The van der Waals surface area contributed by atoms with E-state index in [0.717, 1.165) is 26.5 Å². The van der Waals surface area contributed by atoms with Gasteiger partial charge in [0.25, 0.3) is 11.9 Å². The van der Waals surface area contributed by atoms with Gasteiger partial charge in [0.15, 0.2) is 44.5 Å². The molecule has 0 fully saturated rings. The number of aromatic carboxylic acids is 2. The van der Waals surface area contributed by atoms with E-state index in [2.05, 4.69) is 55.8 Å². The first-order chi connectivity index (χ1) is 31.3. The maximum Gasteiger partial charge on any atom is 0.335 e. The van der Waals surface area contributed by atoms with Crippen LogP contribution in [0, 0.1) is 0 Å². The average Bonchev–Trinajstić information content (AvgIpc) is 4.01. The number of aromatic hydroxyl groups is 1. The molecule has 0 amide bonds. The molecule has 26 nitrogen and oxygen atoms in total. The molecule has 2 aromatic carbocycles. The second-order valence-corrected chi connectivity index (χ2v) is 19.6. The molecule has 0 bridgehead atoms. The van der Waals surface area contributed by atoms with Crippen LogP contribution in [-0.4, -0.2) is 105 Å². The molecule has 0 aliphatic carbocycles. The van der Waals surface area contributed by atoms with Gasteiger partial charge in [-0.1, -0.05) is 64.8 Å². The fraction of sp³-hybridized carbons (Fsp3) is 0.256. The Morgan fingerprint density at radius 2 is 1.16 bits per heavy atom. The minimum atomic E-state index is -3.96. The summed E-state index contributed by atoms with van der Waals surface area (Å²) in [6.45, 7) is 10.8. The molecule has 7 N–H and O–H groups in total. The van der Waals surface area contributed by atoms with Gasteiger partial charge in [0.1, 0.15) is 4.90 Å². The molecule has 7 rings (SSSR count). The van der Waals surface area contributed by atoms with Gasteiger partial charge in [0.05, 0.1) is 46.3 Å². The SMILES string of the molecule is CC(C)(C)c1nn(-c2nc(O)nc(-n3nc(C(C)(C)C)c(N=Nc4c(S(C)(=O)=O)cnn4-c4cccc(C(=O)O)c4)c3N)n2)c(N)c1N=Nc1c(CS(=O)[O-])cnn1-c1cccc(C(=O)O)c1. The summed E-state index contributed by atoms with van der Waals surface area (Å²) in [5.41, 5.74) is 12.5. The second-order valence-electron chi connectivity index (χ2n) is 16.7. The highest BCUT2D eigenvalue weighted by atomic mass is 32.2. The number of anilines is 2. The normalized spacial score (nSPS) is 13.0. The van der Waals surface area contributed by atoms with Crippen molar-refractivity contribution in [2.45, 2.75) is 63.0 Å². The number of azo groups is 2. The Hall–Kier alpha value is -8.11. The molecule has 1 unspecified atom stereocenters. The van der Waals surface area contributed by atoms with Gasteiger partial charge in [-0.3, -0.25) is 4.21 Å². The van der Waals surface area contributed by atoms with Crippen LogP contribution < -0.4 is 11.5 Å². The first kappa shape index (κ1) is 46.9. The van der Waals surface area contributed by atoms with Crippen LogP contribution >= 0.6 is 0 Å². The largest absolute Gasteiger partial charge is 0.772 e. The number of hydrogen-bond acceptors (Lipinski definition) is 20. The summed E-state index contributed by atoms with van der Waals surface area (Å²) in [5, 5.41) is 65.1. The summed E-state index contributed by atoms with van der Waals surface area (Å²) in [6, 6.07) is 10.5. The number of carboxylic acids is 2. The molecule has 7 aromatic rings. The molecule has 28 heteroatoms. The Kier molecular flexibility index (Phi) is 12.1. The summed E-state index contributed by atoms with van der Waals surface area (Å²) < 4.78 is 53.8. The minimum absolute atomic E-state index is 0.00565. The zero-order valence-corrected chi connectivity index (χ0v) is 38.1. The molecule has 1 atom stereocenters. The number of nitrogens with two attached hydrogens (primary N) is 2. The highest BCUT2D eigenvalue weighted by molar-refractivity contribution is 7.90. The lowest BCUT2D eigenvalue weighted by Crippen LogP contribution is -2.16. The maximum atomic E-state index is 12.9. The molecule has 0 aliphatic rings. The van der Waals surface area contributed by atoms with Crippen molar-refractivity contribution in [2.75, 3.05) is 17.7 Å². The molecule has 0 aliphatic heterocycles. The number of rotatable bonds is 13. The Morgan fingerprint density at radius 1 is 0.716 bits per heavy atom. The summed E-state index contributed by atoms with van der Waals surface area (Å²) >= 11 is -2.58. The van der Waals surface area contributed by atoms with E-state index in [1.54, 1.807) is 47.6 Å². The van der Waals surface area contributed by atoms with Crippen molar-refractivity contribution in [3.8, 4) is 29.3 Å². The molecular formula is C39H40N17O9S2-. The fourth-order valence-electron chi connectivity index (χ4n) is 6.40. The third kappa shape index (κ3) is 9.51. The van der Waals surface area contributed by atoms with Gasteiger partial charge in [-0.25, -0.2) is 27.4 Å². The van der Waals surface area contributed by atoms with Gasteiger partial charge in [-0.05, 0) is 36.4 Å². The van der Waals surface area contributed by atoms with Crippen molar-refractivity contribution >= 4 is 67.5 Å². The lowest BCUT2D eigenvalue weighted by Gasteiger charge is -2.15. The van der Waals surface area contributed by atoms with Gasteiger partial charge in [-0.15, -0.1) is 20.5 Å². The molecule has 0 radical (unpaired) electrons. The summed E-state index contributed by atoms with van der Waals surface area (Å²) in [4.78, 5) is 35.7. The average molecular weight is 955 g/mol. The molecular weight excluding hydrogens is 915 g/mol. The summed E-state index contributed by atoms with van der Waals surface area (Å²) in [6.07, 6.45) is 3.25. The topological polar surface area (TPSA) is 381 Å². The minimum Gasteiger partial charge on any atom is -0.772 e. The van der Waals surface area contributed by atoms with E-state index in [1.807, 2.05) is 0 Å². The molecule has 67 heavy (non-hydrogen) atoms. The van der Waals surface area contributed by atoms with Crippen molar-refractivity contribution in [1.29, 1.82) is 0 Å². The van der Waals surface area contributed by atoms with Crippen LogP contribution in [0.15, 0.2) is 86.3 Å². The molecule has 348 valence electrons. The van der Waals surface area contributed by atoms with E-state index < -0.39 is 55.4 Å². The van der Waals surface area contributed by atoms with Gasteiger partial charge >= 0.3 is 17.9 Å². The highest BCUT2D eigenvalue weighted by Gasteiger charge is 2.31. The molecule has 0 saturated heterocycles. The van der Waals surface area contributed by atoms with Crippen LogP contribution in [0.3, 0.4) is 0 Å². The first-order valence-electron chi connectivity index (χ1n) is 19.5. The van der Waals surface area contributed by atoms with Gasteiger partial charge in [-0.2, -0.15) is 44.7 Å². The standard InChI is InChI=1S/C39H41N17O9S2/c1-38(2,3)27-25(47-49-31-21(18-66(62)63)16-42-53(31)22-12-8-10-19(14-22)33(57)58)29(40)55(51-27)35-44-36(46-37(61)45-35)56-30(41)26(28(52-56)39(4,5)6)48-50-32-24(67(7,64)65)17-43-54(32)23-13-9-11-20(15-23)34(59)60/h8-17H,18,40-41H2,1-7H3,(H,57,58)(H,59,60)(H,62,63)(H,44,45,46,61)/p-1. The fourth-order valence-corrected chi connectivity index (χ4v) is 7.55. The lowest BCUT2D eigenvalue weighted by molar-refractivity contribution is 0.0686. The number of nitrogen functional groups attached to an aromatic ring is 2. The van der Waals surface area contributed by atoms with E-state index in [4.69, 9.17) is 11.5 Å². The van der Waals surface area contributed by atoms with Crippen molar-refractivity contribution in [1.82, 2.24) is 54.1 Å². The number of sulfone groups is 1. The number of nitrogens with zero attached hydrogens (tertiary/aromatic N) is 15. The van der Waals surface area contributed by atoms with E-state index in [1.165, 1.54) is 53.3 Å². The predicted molar refractivity (Wildman–Crippen MR) is 237 cm³/mol. The molecule has 0 spiro atoms. The van der Waals surface area contributed by atoms with E-state index >= 15 is 0 Å². The third-order valence-electron chi connectivity index (χ3n) is 9.56. The predicted octanol–water partition coefficient (Wildman–Crippen LogP) is 5.09. The number of carboxylic acid groups (broad SMARTS) is 2. The van der Waals surface area contributed by atoms with E-state index in [-0.39, 0.29) is 90.9 Å². The Bertz CT molecular complexity index is 3320. The number of aromatic nitrogens is 11. The van der Waals surface area contributed by atoms with Crippen molar-refractivity contribution < 1.29 is 42.1 Å². The van der Waals surface area contributed by atoms with Crippen molar-refractivity contribution in [2.24, 2.45) is 20.5 Å². The Morgan fingerprint density at radius 3 is 1.60 bits per heavy atom. The van der Waals surface area contributed by atoms with Crippen LogP contribution in [0.25, 0.3) is 23.3 Å². The maximum absolute atomic E-state index is 12.9. The van der Waals surface area contributed by atoms with Crippen LogP contribution in [0.5, 0.6) is 6.01 Å². The zero-order chi connectivity index (χ0) is 48.9. The first-order valence-corrected chi connectivity index (χ1v) is 22.6. The van der Waals surface area contributed by atoms with Crippen molar-refractivity contribution in [3.63, 3.8) is 0 Å². The van der Waals surface area contributed by atoms with Gasteiger partial charge in [0, 0.05) is 28.4 Å².